The van der Waals surface area contributed by atoms with E-state index in [1.54, 1.807) is 0 Å². The highest BCUT2D eigenvalue weighted by atomic mass is 14.2. The number of benzene rings is 1. The van der Waals surface area contributed by atoms with Gasteiger partial charge < -0.3 is 0 Å². The van der Waals surface area contributed by atoms with Gasteiger partial charge in [-0.2, -0.15) is 0 Å². The summed E-state index contributed by atoms with van der Waals surface area (Å²) >= 11 is 0. The molecule has 0 aliphatic carbocycles. The second-order valence-corrected chi connectivity index (χ2v) is 4.80. The van der Waals surface area contributed by atoms with Gasteiger partial charge in [-0.05, 0) is 22.5 Å². The van der Waals surface area contributed by atoms with Crippen LogP contribution in [0, 0.1) is 5.92 Å². The average Bonchev–Trinajstić information content (AvgIpc) is 2.03. The van der Waals surface area contributed by atoms with Gasteiger partial charge in [-0.15, -0.1) is 0 Å². The fraction of sp³-hybridized carbons (Fsp3) is 0.462. The van der Waals surface area contributed by atoms with E-state index in [0.717, 1.165) is 0 Å². The minimum atomic E-state index is 0.244. The molecule has 0 saturated carbocycles. The van der Waals surface area contributed by atoms with Crippen LogP contribution in [0.3, 0.4) is 0 Å². The van der Waals surface area contributed by atoms with Gasteiger partial charge in [-0.1, -0.05) is 58.9 Å². The first-order valence-corrected chi connectivity index (χ1v) is 4.83. The summed E-state index contributed by atoms with van der Waals surface area (Å²) in [6.45, 7) is 11.1. The van der Waals surface area contributed by atoms with Crippen molar-refractivity contribution in [1.29, 1.82) is 0 Å². The third-order valence-electron chi connectivity index (χ3n) is 2.27. The van der Waals surface area contributed by atoms with Gasteiger partial charge in [0.25, 0.3) is 0 Å². The summed E-state index contributed by atoms with van der Waals surface area (Å²) < 4.78 is 0. The molecule has 0 fully saturated rings. The molecule has 71 valence electrons. The first-order chi connectivity index (χ1) is 5.93. The van der Waals surface area contributed by atoms with Crippen molar-refractivity contribution in [2.45, 2.75) is 40.0 Å². The standard InChI is InChI=1S/C13H19/c1-10(2)11-8-6-7-9-12(11)13(3,4)5/h6-9H,1-5H3. The molecule has 13 heavy (non-hydrogen) atoms. The highest BCUT2D eigenvalue weighted by Gasteiger charge is 2.18. The van der Waals surface area contributed by atoms with Crippen LogP contribution in [0.1, 0.15) is 45.7 Å². The van der Waals surface area contributed by atoms with Gasteiger partial charge >= 0.3 is 0 Å². The van der Waals surface area contributed by atoms with Crippen molar-refractivity contribution in [3.05, 3.63) is 41.3 Å². The maximum Gasteiger partial charge on any atom is -0.000901 e. The van der Waals surface area contributed by atoms with Crippen molar-refractivity contribution in [3.63, 3.8) is 0 Å². The van der Waals surface area contributed by atoms with E-state index in [2.05, 4.69) is 58.9 Å². The molecule has 0 aliphatic heterocycles. The van der Waals surface area contributed by atoms with Crippen molar-refractivity contribution < 1.29 is 0 Å². The van der Waals surface area contributed by atoms with Crippen LogP contribution in [0.5, 0.6) is 0 Å². The Morgan fingerprint density at radius 2 is 1.54 bits per heavy atom. The molecule has 0 N–H and O–H groups in total. The van der Waals surface area contributed by atoms with Crippen LogP contribution in [0.4, 0.5) is 0 Å². The van der Waals surface area contributed by atoms with Crippen LogP contribution >= 0.6 is 0 Å². The van der Waals surface area contributed by atoms with Crippen molar-refractivity contribution in [3.8, 4) is 0 Å². The summed E-state index contributed by atoms with van der Waals surface area (Å²) in [5.74, 6) is 1.39. The summed E-state index contributed by atoms with van der Waals surface area (Å²) in [6, 6.07) is 8.66. The molecule has 0 aliphatic rings. The minimum absolute atomic E-state index is 0.244. The molecular formula is C13H19. The fourth-order valence-electron chi connectivity index (χ4n) is 1.57. The molecule has 0 amide bonds. The van der Waals surface area contributed by atoms with Crippen LogP contribution in [0.15, 0.2) is 24.3 Å². The number of hydrogen-bond acceptors (Lipinski definition) is 0. The van der Waals surface area contributed by atoms with E-state index in [1.807, 2.05) is 0 Å². The smallest absolute Gasteiger partial charge is 0.000901 e. The zero-order valence-corrected chi connectivity index (χ0v) is 9.31. The van der Waals surface area contributed by atoms with Gasteiger partial charge in [-0.25, -0.2) is 0 Å². The molecule has 0 heterocycles. The predicted octanol–water partition coefficient (Wildman–Crippen LogP) is 3.95. The molecule has 0 spiro atoms. The molecule has 0 saturated heterocycles. The largest absolute Gasteiger partial charge is 0.0620 e. The topological polar surface area (TPSA) is 0 Å². The molecule has 1 aromatic carbocycles. The Kier molecular flexibility index (Phi) is 2.80. The summed E-state index contributed by atoms with van der Waals surface area (Å²) in [5.41, 5.74) is 3.08. The minimum Gasteiger partial charge on any atom is -0.0620 e. The monoisotopic (exact) mass is 175 g/mol. The van der Waals surface area contributed by atoms with Gasteiger partial charge in [0, 0.05) is 0 Å². The van der Waals surface area contributed by atoms with Crippen molar-refractivity contribution in [2.75, 3.05) is 0 Å². The van der Waals surface area contributed by atoms with Crippen molar-refractivity contribution in [2.24, 2.45) is 0 Å². The van der Waals surface area contributed by atoms with E-state index in [1.165, 1.54) is 17.0 Å². The van der Waals surface area contributed by atoms with E-state index >= 15 is 0 Å². The Morgan fingerprint density at radius 3 is 1.92 bits per heavy atom. The Morgan fingerprint density at radius 1 is 1.00 bits per heavy atom. The van der Waals surface area contributed by atoms with Gasteiger partial charge in [0.05, 0.1) is 0 Å². The Hall–Kier alpha value is -0.780. The maximum atomic E-state index is 2.26. The first kappa shape index (κ1) is 10.3. The van der Waals surface area contributed by atoms with Crippen LogP contribution in [0.25, 0.3) is 0 Å². The van der Waals surface area contributed by atoms with Crippen LogP contribution in [-0.2, 0) is 5.41 Å². The normalized spacial score (nSPS) is 12.2. The van der Waals surface area contributed by atoms with E-state index in [0.29, 0.717) is 0 Å². The zero-order valence-electron chi connectivity index (χ0n) is 9.31. The predicted molar refractivity (Wildman–Crippen MR) is 58.8 cm³/mol. The van der Waals surface area contributed by atoms with E-state index in [9.17, 15) is 0 Å². The van der Waals surface area contributed by atoms with Gasteiger partial charge in [0.2, 0.25) is 0 Å². The molecule has 0 nitrogen and oxygen atoms in total. The van der Waals surface area contributed by atoms with Crippen LogP contribution < -0.4 is 0 Å². The van der Waals surface area contributed by atoms with E-state index in [4.69, 9.17) is 0 Å². The molecule has 0 heteroatoms. The fourth-order valence-corrected chi connectivity index (χ4v) is 1.57. The molecule has 0 unspecified atom stereocenters. The Balaban J connectivity index is 3.20. The third kappa shape index (κ3) is 2.33. The van der Waals surface area contributed by atoms with Crippen LogP contribution in [0.2, 0.25) is 0 Å². The average molecular weight is 175 g/mol. The highest BCUT2D eigenvalue weighted by molar-refractivity contribution is 5.40. The lowest BCUT2D eigenvalue weighted by Gasteiger charge is -2.24. The zero-order chi connectivity index (χ0) is 10.1. The molecular weight excluding hydrogens is 156 g/mol. The second kappa shape index (κ2) is 3.53. The summed E-state index contributed by atoms with van der Waals surface area (Å²) in [5, 5.41) is 0. The quantitative estimate of drug-likeness (QED) is 0.606. The lowest BCUT2D eigenvalue weighted by Crippen LogP contribution is -2.14. The molecule has 0 bridgehead atoms. The SMILES string of the molecule is C[C](C)c1ccccc1C(C)(C)C. The van der Waals surface area contributed by atoms with E-state index in [-0.39, 0.29) is 5.41 Å². The molecule has 1 rings (SSSR count). The van der Waals surface area contributed by atoms with Gasteiger partial charge in [0.1, 0.15) is 0 Å². The third-order valence-corrected chi connectivity index (χ3v) is 2.27. The number of rotatable bonds is 1. The number of hydrogen-bond donors (Lipinski definition) is 0. The molecule has 0 atom stereocenters. The first-order valence-electron chi connectivity index (χ1n) is 4.83. The lowest BCUT2D eigenvalue weighted by atomic mass is 9.81. The van der Waals surface area contributed by atoms with Gasteiger partial charge in [0.15, 0.2) is 0 Å². The molecule has 1 aromatic rings. The summed E-state index contributed by atoms with van der Waals surface area (Å²) in [4.78, 5) is 0. The van der Waals surface area contributed by atoms with Crippen molar-refractivity contribution in [1.82, 2.24) is 0 Å². The molecule has 0 aromatic heterocycles. The summed E-state index contributed by atoms with van der Waals surface area (Å²) in [6.07, 6.45) is 0. The van der Waals surface area contributed by atoms with E-state index < -0.39 is 0 Å². The maximum absolute atomic E-state index is 2.26. The van der Waals surface area contributed by atoms with Gasteiger partial charge in [-0.3, -0.25) is 0 Å². The Labute approximate surface area is 82.0 Å². The lowest BCUT2D eigenvalue weighted by molar-refractivity contribution is 0.585. The second-order valence-electron chi connectivity index (χ2n) is 4.80. The van der Waals surface area contributed by atoms with Crippen molar-refractivity contribution >= 4 is 0 Å². The summed E-state index contributed by atoms with van der Waals surface area (Å²) in [7, 11) is 0. The highest BCUT2D eigenvalue weighted by Crippen LogP contribution is 2.29. The Bertz CT molecular complexity index is 276. The molecule has 1 radical (unpaired) electrons. The van der Waals surface area contributed by atoms with Crippen LogP contribution in [-0.4, -0.2) is 0 Å².